The van der Waals surface area contributed by atoms with Gasteiger partial charge in [0.2, 0.25) is 0 Å². The summed E-state index contributed by atoms with van der Waals surface area (Å²) in [4.78, 5) is 15.4. The second-order valence-corrected chi connectivity index (χ2v) is 3.48. The van der Waals surface area contributed by atoms with Gasteiger partial charge in [-0.25, -0.2) is 0 Å². The predicted molar refractivity (Wildman–Crippen MR) is 58.7 cm³/mol. The van der Waals surface area contributed by atoms with Crippen molar-refractivity contribution in [3.8, 4) is 6.08 Å². The molecule has 0 aliphatic carbocycles. The van der Waals surface area contributed by atoms with E-state index in [1.54, 1.807) is 18.2 Å². The van der Waals surface area contributed by atoms with E-state index in [2.05, 4.69) is 20.9 Å². The molecule has 0 unspecified atom stereocenters. The Morgan fingerprint density at radius 3 is 3.07 bits per heavy atom. The van der Waals surface area contributed by atoms with Crippen molar-refractivity contribution in [2.75, 3.05) is 12.4 Å². The summed E-state index contributed by atoms with van der Waals surface area (Å²) in [5.74, 6) is 0.00673. The standard InChI is InChI=1S/C10H8BrNO3/c1-14-10-12-7-3-2-6(8(13)5-11)4-9(7)15-10/h2-4H,5H2,1H3. The average molecular weight is 270 g/mol. The third-order valence-electron chi connectivity index (χ3n) is 1.99. The quantitative estimate of drug-likeness (QED) is 0.634. The maximum atomic E-state index is 11.4. The predicted octanol–water partition coefficient (Wildman–Crippen LogP) is 2.41. The van der Waals surface area contributed by atoms with Gasteiger partial charge < -0.3 is 9.15 Å². The highest BCUT2D eigenvalue weighted by Gasteiger charge is 2.09. The number of oxazole rings is 1. The minimum absolute atomic E-state index is 0.00673. The second-order valence-electron chi connectivity index (χ2n) is 2.92. The Hall–Kier alpha value is -1.36. The number of alkyl halides is 1. The molecule has 0 amide bonds. The summed E-state index contributed by atoms with van der Waals surface area (Å²) in [5, 5.41) is 0.295. The zero-order chi connectivity index (χ0) is 10.8. The van der Waals surface area contributed by atoms with Crippen molar-refractivity contribution in [1.29, 1.82) is 0 Å². The Morgan fingerprint density at radius 1 is 1.60 bits per heavy atom. The van der Waals surface area contributed by atoms with Crippen molar-refractivity contribution in [2.45, 2.75) is 0 Å². The molecule has 1 heterocycles. The molecule has 2 aromatic rings. The van der Waals surface area contributed by atoms with Gasteiger partial charge in [0.25, 0.3) is 0 Å². The van der Waals surface area contributed by atoms with Crippen LogP contribution in [-0.4, -0.2) is 23.2 Å². The summed E-state index contributed by atoms with van der Waals surface area (Å²) in [5.41, 5.74) is 1.83. The number of hydrogen-bond acceptors (Lipinski definition) is 4. The van der Waals surface area contributed by atoms with Gasteiger partial charge >= 0.3 is 6.08 Å². The minimum Gasteiger partial charge on any atom is -0.453 e. The van der Waals surface area contributed by atoms with Crippen LogP contribution in [0.5, 0.6) is 6.08 Å². The largest absolute Gasteiger partial charge is 0.453 e. The van der Waals surface area contributed by atoms with Crippen molar-refractivity contribution < 1.29 is 13.9 Å². The van der Waals surface area contributed by atoms with Crippen LogP contribution < -0.4 is 4.74 Å². The number of nitrogens with zero attached hydrogens (tertiary/aromatic N) is 1. The number of ketones is 1. The third kappa shape index (κ3) is 1.87. The minimum atomic E-state index is 0.00673. The van der Waals surface area contributed by atoms with Gasteiger partial charge in [0.15, 0.2) is 11.4 Å². The molecular formula is C10H8BrNO3. The van der Waals surface area contributed by atoms with Crippen LogP contribution in [0.2, 0.25) is 0 Å². The molecule has 0 saturated heterocycles. The summed E-state index contributed by atoms with van der Waals surface area (Å²) < 4.78 is 10.1. The first kappa shape index (κ1) is 10.2. The van der Waals surface area contributed by atoms with Gasteiger partial charge in [-0.05, 0) is 18.2 Å². The molecule has 78 valence electrons. The number of carbonyl (C=O) groups excluding carboxylic acids is 1. The highest BCUT2D eigenvalue weighted by Crippen LogP contribution is 2.21. The van der Waals surface area contributed by atoms with Gasteiger partial charge in [0.05, 0.1) is 12.4 Å². The van der Waals surface area contributed by atoms with E-state index in [1.165, 1.54) is 7.11 Å². The first-order valence-corrected chi connectivity index (χ1v) is 5.40. The molecule has 0 fully saturated rings. The van der Waals surface area contributed by atoms with Crippen molar-refractivity contribution in [2.24, 2.45) is 0 Å². The molecule has 0 bridgehead atoms. The molecule has 5 heteroatoms. The molecule has 0 spiro atoms. The zero-order valence-electron chi connectivity index (χ0n) is 7.99. The number of Topliss-reactive ketones (excluding diaryl/α,β-unsaturated/α-hetero) is 1. The molecule has 0 N–H and O–H groups in total. The fourth-order valence-electron chi connectivity index (χ4n) is 1.24. The summed E-state index contributed by atoms with van der Waals surface area (Å²) in [6.45, 7) is 0. The molecular weight excluding hydrogens is 262 g/mol. The second kappa shape index (κ2) is 4.02. The molecule has 0 saturated carbocycles. The smallest absolute Gasteiger partial charge is 0.394 e. The van der Waals surface area contributed by atoms with E-state index in [1.807, 2.05) is 0 Å². The number of methoxy groups -OCH3 is 1. The highest BCUT2D eigenvalue weighted by molar-refractivity contribution is 9.09. The van der Waals surface area contributed by atoms with E-state index < -0.39 is 0 Å². The highest BCUT2D eigenvalue weighted by atomic mass is 79.9. The van der Waals surface area contributed by atoms with Crippen molar-refractivity contribution in [1.82, 2.24) is 4.98 Å². The van der Waals surface area contributed by atoms with Gasteiger partial charge in [-0.3, -0.25) is 4.79 Å². The van der Waals surface area contributed by atoms with Gasteiger partial charge in [0, 0.05) is 5.56 Å². The lowest BCUT2D eigenvalue weighted by molar-refractivity contribution is 0.102. The number of ether oxygens (including phenoxy) is 1. The Labute approximate surface area is 94.4 Å². The number of aromatic nitrogens is 1. The fourth-order valence-corrected chi connectivity index (χ4v) is 1.57. The van der Waals surface area contributed by atoms with Crippen LogP contribution in [0, 0.1) is 0 Å². The van der Waals surface area contributed by atoms with Crippen molar-refractivity contribution >= 4 is 32.8 Å². The number of carbonyl (C=O) groups is 1. The summed E-state index contributed by atoms with van der Waals surface area (Å²) in [7, 11) is 1.48. The first-order chi connectivity index (χ1) is 7.24. The Bertz CT molecular complexity index is 506. The summed E-state index contributed by atoms with van der Waals surface area (Å²) in [6.07, 6.45) is 0.202. The molecule has 15 heavy (non-hydrogen) atoms. The van der Waals surface area contributed by atoms with Crippen LogP contribution in [0.25, 0.3) is 11.1 Å². The van der Waals surface area contributed by atoms with E-state index >= 15 is 0 Å². The molecule has 1 aromatic carbocycles. The molecule has 2 rings (SSSR count). The monoisotopic (exact) mass is 269 g/mol. The lowest BCUT2D eigenvalue weighted by Crippen LogP contribution is -1.98. The van der Waals surface area contributed by atoms with E-state index in [9.17, 15) is 4.79 Å². The Balaban J connectivity index is 2.50. The van der Waals surface area contributed by atoms with Crippen LogP contribution >= 0.6 is 15.9 Å². The molecule has 0 atom stereocenters. The first-order valence-electron chi connectivity index (χ1n) is 4.28. The maximum Gasteiger partial charge on any atom is 0.394 e. The maximum absolute atomic E-state index is 11.4. The molecule has 0 aliphatic rings. The van der Waals surface area contributed by atoms with Gasteiger partial charge in [-0.2, -0.15) is 4.98 Å². The SMILES string of the molecule is COc1nc2ccc(C(=O)CBr)cc2o1. The number of fused-ring (bicyclic) bond motifs is 1. The normalized spacial score (nSPS) is 10.5. The van der Waals surface area contributed by atoms with Crippen LogP contribution in [-0.2, 0) is 0 Å². The summed E-state index contributed by atoms with van der Waals surface area (Å²) in [6, 6.07) is 5.11. The topological polar surface area (TPSA) is 52.3 Å². The Morgan fingerprint density at radius 2 is 2.40 bits per heavy atom. The van der Waals surface area contributed by atoms with E-state index in [0.29, 0.717) is 22.0 Å². The summed E-state index contributed by atoms with van der Waals surface area (Å²) >= 11 is 3.11. The van der Waals surface area contributed by atoms with Gasteiger partial charge in [-0.15, -0.1) is 0 Å². The van der Waals surface area contributed by atoms with Crippen LogP contribution in [0.4, 0.5) is 0 Å². The van der Waals surface area contributed by atoms with Crippen LogP contribution in [0.1, 0.15) is 10.4 Å². The third-order valence-corrected chi connectivity index (χ3v) is 2.50. The van der Waals surface area contributed by atoms with Crippen molar-refractivity contribution in [3.05, 3.63) is 23.8 Å². The van der Waals surface area contributed by atoms with E-state index in [4.69, 9.17) is 9.15 Å². The van der Waals surface area contributed by atoms with Crippen LogP contribution in [0.15, 0.2) is 22.6 Å². The Kier molecular flexibility index (Phi) is 2.73. The lowest BCUT2D eigenvalue weighted by atomic mass is 10.1. The number of hydrogen-bond donors (Lipinski definition) is 0. The fraction of sp³-hybridized carbons (Fsp3) is 0.200. The van der Waals surface area contributed by atoms with E-state index in [-0.39, 0.29) is 11.9 Å². The molecule has 0 radical (unpaired) electrons. The molecule has 1 aromatic heterocycles. The van der Waals surface area contributed by atoms with Gasteiger partial charge in [0.1, 0.15) is 5.52 Å². The number of halogens is 1. The van der Waals surface area contributed by atoms with E-state index in [0.717, 1.165) is 0 Å². The average Bonchev–Trinajstić information content (AvgIpc) is 2.69. The lowest BCUT2D eigenvalue weighted by Gasteiger charge is -1.94. The zero-order valence-corrected chi connectivity index (χ0v) is 9.58. The number of benzene rings is 1. The molecule has 0 aliphatic heterocycles. The van der Waals surface area contributed by atoms with Gasteiger partial charge in [-0.1, -0.05) is 15.9 Å². The molecule has 4 nitrogen and oxygen atoms in total. The van der Waals surface area contributed by atoms with Crippen molar-refractivity contribution in [3.63, 3.8) is 0 Å². The number of rotatable bonds is 3. The van der Waals surface area contributed by atoms with Crippen LogP contribution in [0.3, 0.4) is 0 Å².